The van der Waals surface area contributed by atoms with Crippen LogP contribution in [-0.2, 0) is 32.0 Å². The predicted octanol–water partition coefficient (Wildman–Crippen LogP) is -6.59. The van der Waals surface area contributed by atoms with Gasteiger partial charge in [-0.3, -0.25) is 0 Å². The second-order valence-corrected chi connectivity index (χ2v) is 0. The Balaban J connectivity index is 0. The Labute approximate surface area is 80.3 Å². The molecule has 0 rings (SSSR count). The van der Waals surface area contributed by atoms with Crippen molar-refractivity contribution in [3.63, 3.8) is 0 Å². The molecule has 0 saturated carbocycles. The van der Waals surface area contributed by atoms with Gasteiger partial charge in [0.05, 0.1) is 0 Å². The van der Waals surface area contributed by atoms with Gasteiger partial charge in [0.1, 0.15) is 0 Å². The standard InChI is InChI=1S/2Li.2H2O.2O.W/h;;2*1H2;;;/q2*+1;;;2*-2;/p-2. The predicted molar refractivity (Wildman–Crippen MR) is 5.24 cm³/mol. The van der Waals surface area contributed by atoms with Crippen LogP contribution in [0.2, 0.25) is 0 Å². The molecule has 38 valence electrons. The summed E-state index contributed by atoms with van der Waals surface area (Å²) in [5, 5.41) is 0. The van der Waals surface area contributed by atoms with Crippen molar-refractivity contribution in [2.24, 2.45) is 0 Å². The quantitative estimate of drug-likeness (QED) is 0.404. The molecule has 0 saturated heterocycles. The molecule has 0 aliphatic rings. The molecule has 0 heterocycles. The second kappa shape index (κ2) is 118. The van der Waals surface area contributed by atoms with E-state index in [4.69, 9.17) is 0 Å². The summed E-state index contributed by atoms with van der Waals surface area (Å²) in [4.78, 5) is 0. The molecule has 4 nitrogen and oxygen atoms in total. The van der Waals surface area contributed by atoms with Crippen molar-refractivity contribution in [1.82, 2.24) is 0 Å². The van der Waals surface area contributed by atoms with Gasteiger partial charge in [-0.2, -0.15) is 0 Å². The fourth-order valence-electron chi connectivity index (χ4n) is 0. The van der Waals surface area contributed by atoms with Crippen LogP contribution >= 0.6 is 0 Å². The first kappa shape index (κ1) is 175. The zero-order valence-electron chi connectivity index (χ0n) is 4.12. The molecule has 0 aromatic heterocycles. The summed E-state index contributed by atoms with van der Waals surface area (Å²) < 4.78 is 0. The summed E-state index contributed by atoms with van der Waals surface area (Å²) in [6.07, 6.45) is 0. The van der Waals surface area contributed by atoms with E-state index in [2.05, 4.69) is 0 Å². The van der Waals surface area contributed by atoms with E-state index >= 15 is 0 Å². The van der Waals surface area contributed by atoms with Gasteiger partial charge in [-0.15, -0.1) is 0 Å². The fourth-order valence-corrected chi connectivity index (χ4v) is 0. The Kier molecular flexibility index (Phi) is 2940. The van der Waals surface area contributed by atoms with Crippen LogP contribution in [0.1, 0.15) is 0 Å². The van der Waals surface area contributed by atoms with Crippen LogP contribution in [-0.4, -0.2) is 11.0 Å². The Morgan fingerprint density at radius 3 is 0.571 bits per heavy atom. The zero-order chi connectivity index (χ0) is 0. The SMILES string of the molecule is [Li+].[Li+].[O-2].[O-2].[OH-].[OH-].[W]. The summed E-state index contributed by atoms with van der Waals surface area (Å²) in [7, 11) is 0. The van der Waals surface area contributed by atoms with Gasteiger partial charge in [0.2, 0.25) is 0 Å². The van der Waals surface area contributed by atoms with Crippen molar-refractivity contribution in [3.05, 3.63) is 0 Å². The molecule has 0 aliphatic heterocycles. The first-order valence-corrected chi connectivity index (χ1v) is 0. The first-order valence-electron chi connectivity index (χ1n) is 0. The maximum Gasteiger partial charge on any atom is 1.00 e. The number of rotatable bonds is 0. The minimum atomic E-state index is 0. The molecule has 7 heavy (non-hydrogen) atoms. The van der Waals surface area contributed by atoms with Crippen molar-refractivity contribution < 1.29 is 80.7 Å². The normalized spacial score (nSPS) is 0. The summed E-state index contributed by atoms with van der Waals surface area (Å²) in [5.41, 5.74) is 0. The third-order valence-corrected chi connectivity index (χ3v) is 0. The Bertz CT molecular complexity index is 9.65. The van der Waals surface area contributed by atoms with Crippen molar-refractivity contribution in [3.8, 4) is 0 Å². The Hall–Kier alpha value is 1.72. The minimum absolute atomic E-state index is 0. The van der Waals surface area contributed by atoms with Crippen LogP contribution in [0.25, 0.3) is 0 Å². The van der Waals surface area contributed by atoms with Gasteiger partial charge in [-0.25, -0.2) is 0 Å². The van der Waals surface area contributed by atoms with E-state index in [-0.39, 0.29) is 80.7 Å². The summed E-state index contributed by atoms with van der Waals surface area (Å²) in [6, 6.07) is 0. The second-order valence-electron chi connectivity index (χ2n) is 0. The molecule has 2 N–H and O–H groups in total. The third-order valence-electron chi connectivity index (χ3n) is 0. The minimum Gasteiger partial charge on any atom is -2.00 e. The van der Waals surface area contributed by atoms with Crippen molar-refractivity contribution >= 4 is 0 Å². The average molecular weight is 264 g/mol. The van der Waals surface area contributed by atoms with Crippen molar-refractivity contribution in [2.75, 3.05) is 0 Å². The molecule has 0 aliphatic carbocycles. The van der Waals surface area contributed by atoms with Crippen LogP contribution in [0.3, 0.4) is 0 Å². The van der Waals surface area contributed by atoms with Crippen LogP contribution in [0.5, 0.6) is 0 Å². The van der Waals surface area contributed by atoms with Crippen LogP contribution < -0.4 is 37.7 Å². The summed E-state index contributed by atoms with van der Waals surface area (Å²) in [5.74, 6) is 0. The van der Waals surface area contributed by atoms with Gasteiger partial charge in [0.15, 0.2) is 0 Å². The van der Waals surface area contributed by atoms with E-state index in [9.17, 15) is 0 Å². The molecule has 0 unspecified atom stereocenters. The van der Waals surface area contributed by atoms with Gasteiger partial charge >= 0.3 is 37.7 Å². The number of hydrogen-bond acceptors (Lipinski definition) is 2. The molecule has 0 fully saturated rings. The zero-order valence-corrected chi connectivity index (χ0v) is 7.05. The first-order chi connectivity index (χ1) is 0. The van der Waals surface area contributed by atoms with E-state index < -0.39 is 0 Å². The van der Waals surface area contributed by atoms with Crippen LogP contribution in [0.15, 0.2) is 0 Å². The fraction of sp³-hybridized carbons (Fsp3) is 0. The Morgan fingerprint density at radius 1 is 0.571 bits per heavy atom. The third kappa shape index (κ3) is 85.2. The van der Waals surface area contributed by atoms with E-state index in [1.165, 1.54) is 0 Å². The number of hydrogen-bond donors (Lipinski definition) is 0. The Morgan fingerprint density at radius 2 is 0.571 bits per heavy atom. The molecule has 0 spiro atoms. The average Bonchev–Trinajstić information content (AvgIpc) is 0. The maximum atomic E-state index is 0. The molecular weight excluding hydrogens is 262 g/mol. The summed E-state index contributed by atoms with van der Waals surface area (Å²) in [6.45, 7) is 0. The van der Waals surface area contributed by atoms with Gasteiger partial charge in [-0.1, -0.05) is 0 Å². The van der Waals surface area contributed by atoms with Crippen molar-refractivity contribution in [2.45, 2.75) is 0 Å². The molecular formula is H2Li2O4W-4. The summed E-state index contributed by atoms with van der Waals surface area (Å²) >= 11 is 0. The molecule has 0 amide bonds. The van der Waals surface area contributed by atoms with Crippen molar-refractivity contribution in [1.29, 1.82) is 0 Å². The van der Waals surface area contributed by atoms with E-state index in [1.54, 1.807) is 0 Å². The van der Waals surface area contributed by atoms with Gasteiger partial charge in [0.25, 0.3) is 0 Å². The van der Waals surface area contributed by atoms with Gasteiger partial charge in [-0.05, 0) is 0 Å². The van der Waals surface area contributed by atoms with Gasteiger partial charge < -0.3 is 21.9 Å². The molecule has 7 heteroatoms. The molecule has 0 bridgehead atoms. The molecule has 0 aromatic rings. The van der Waals surface area contributed by atoms with Crippen LogP contribution in [0.4, 0.5) is 0 Å². The smallest absolute Gasteiger partial charge is 1.00 e. The largest absolute Gasteiger partial charge is 2.00 e. The molecule has 0 radical (unpaired) electrons. The van der Waals surface area contributed by atoms with E-state index in [1.807, 2.05) is 0 Å². The van der Waals surface area contributed by atoms with E-state index in [0.29, 0.717) is 0 Å². The maximum absolute atomic E-state index is 0. The monoisotopic (exact) mass is 264 g/mol. The topological polar surface area (TPSA) is 117 Å². The molecule has 0 aromatic carbocycles. The van der Waals surface area contributed by atoms with E-state index in [0.717, 1.165) is 0 Å². The van der Waals surface area contributed by atoms with Gasteiger partial charge in [0, 0.05) is 21.1 Å². The molecule has 0 atom stereocenters. The van der Waals surface area contributed by atoms with Crippen LogP contribution in [0, 0.1) is 0 Å².